The lowest BCUT2D eigenvalue weighted by Gasteiger charge is -2.37. The fraction of sp³-hybridized carbons (Fsp3) is 1.00. The van der Waals surface area contributed by atoms with E-state index in [0.29, 0.717) is 6.54 Å². The molecular formula is C13H27NO3S. The van der Waals surface area contributed by atoms with Gasteiger partial charge in [0.15, 0.2) is 9.84 Å². The highest BCUT2D eigenvalue weighted by molar-refractivity contribution is 7.92. The smallest absolute Gasteiger partial charge is 0.156 e. The Morgan fingerprint density at radius 1 is 1.17 bits per heavy atom. The van der Waals surface area contributed by atoms with Crippen molar-refractivity contribution in [3.8, 4) is 0 Å². The van der Waals surface area contributed by atoms with Gasteiger partial charge in [0.05, 0.1) is 17.1 Å². The molecule has 2 N–H and O–H groups in total. The number of sulfone groups is 1. The summed E-state index contributed by atoms with van der Waals surface area (Å²) in [5.41, 5.74) is -0.244. The van der Waals surface area contributed by atoms with Crippen LogP contribution in [0.1, 0.15) is 52.9 Å². The monoisotopic (exact) mass is 277 g/mol. The predicted octanol–water partition coefficient (Wildman–Crippen LogP) is 1.48. The molecule has 0 aromatic carbocycles. The molecule has 1 saturated carbocycles. The van der Waals surface area contributed by atoms with Gasteiger partial charge in [0.25, 0.3) is 0 Å². The molecule has 0 radical (unpaired) electrons. The Labute approximate surface area is 111 Å². The van der Waals surface area contributed by atoms with Crippen LogP contribution in [-0.4, -0.2) is 42.7 Å². The normalized spacial score (nSPS) is 20.9. The number of aliphatic hydroxyl groups excluding tert-OH is 1. The number of nitrogens with one attached hydrogen (secondary N) is 1. The van der Waals surface area contributed by atoms with Crippen LogP contribution in [0.5, 0.6) is 0 Å². The van der Waals surface area contributed by atoms with Crippen molar-refractivity contribution < 1.29 is 13.5 Å². The first-order valence-corrected chi connectivity index (χ1v) is 8.46. The van der Waals surface area contributed by atoms with Crippen molar-refractivity contribution in [2.75, 3.05) is 18.9 Å². The van der Waals surface area contributed by atoms with Gasteiger partial charge in [-0.05, 0) is 33.6 Å². The highest BCUT2D eigenvalue weighted by Gasteiger charge is 2.33. The minimum atomic E-state index is -3.08. The molecule has 4 nitrogen and oxygen atoms in total. The van der Waals surface area contributed by atoms with E-state index in [9.17, 15) is 13.5 Å². The summed E-state index contributed by atoms with van der Waals surface area (Å²) in [4.78, 5) is 0. The summed E-state index contributed by atoms with van der Waals surface area (Å²) in [6.07, 6.45) is 5.32. The lowest BCUT2D eigenvalue weighted by Crippen LogP contribution is -2.51. The SMILES string of the molecule is CC(C)(C)S(=O)(=O)CCNC1(CO)CCCCC1. The van der Waals surface area contributed by atoms with Crippen LogP contribution in [0.4, 0.5) is 0 Å². The van der Waals surface area contributed by atoms with Crippen LogP contribution in [-0.2, 0) is 9.84 Å². The third-order valence-electron chi connectivity index (χ3n) is 3.92. The van der Waals surface area contributed by atoms with Gasteiger partial charge in [-0.2, -0.15) is 0 Å². The molecule has 108 valence electrons. The van der Waals surface area contributed by atoms with Gasteiger partial charge in [0.2, 0.25) is 0 Å². The van der Waals surface area contributed by atoms with E-state index in [-0.39, 0.29) is 17.9 Å². The number of aliphatic hydroxyl groups is 1. The first-order chi connectivity index (χ1) is 8.22. The molecule has 0 amide bonds. The maximum atomic E-state index is 12.0. The first kappa shape index (κ1) is 15.9. The molecule has 1 aliphatic rings. The Hall–Kier alpha value is -0.130. The quantitative estimate of drug-likeness (QED) is 0.799. The zero-order valence-corrected chi connectivity index (χ0v) is 12.6. The van der Waals surface area contributed by atoms with E-state index in [0.717, 1.165) is 25.7 Å². The maximum Gasteiger partial charge on any atom is 0.156 e. The van der Waals surface area contributed by atoms with Crippen molar-refractivity contribution in [2.45, 2.75) is 63.2 Å². The molecular weight excluding hydrogens is 250 g/mol. The van der Waals surface area contributed by atoms with Crippen LogP contribution >= 0.6 is 0 Å². The zero-order valence-electron chi connectivity index (χ0n) is 11.8. The number of rotatable bonds is 5. The Balaban J connectivity index is 2.50. The second-order valence-electron chi connectivity index (χ2n) is 6.36. The second-order valence-corrected chi connectivity index (χ2v) is 9.22. The lowest BCUT2D eigenvalue weighted by molar-refractivity contribution is 0.123. The van der Waals surface area contributed by atoms with Gasteiger partial charge >= 0.3 is 0 Å². The number of hydrogen-bond donors (Lipinski definition) is 2. The third-order valence-corrected chi connectivity index (χ3v) is 6.52. The largest absolute Gasteiger partial charge is 0.394 e. The van der Waals surface area contributed by atoms with E-state index >= 15 is 0 Å². The van der Waals surface area contributed by atoms with Gasteiger partial charge in [0, 0.05) is 12.1 Å². The standard InChI is InChI=1S/C13H27NO3S/c1-12(2,3)18(16,17)10-9-14-13(11-15)7-5-4-6-8-13/h14-15H,4-11H2,1-3H3. The third kappa shape index (κ3) is 3.93. The Kier molecular flexibility index (Phi) is 5.21. The Morgan fingerprint density at radius 2 is 1.72 bits per heavy atom. The molecule has 0 aliphatic heterocycles. The molecule has 0 spiro atoms. The van der Waals surface area contributed by atoms with E-state index in [4.69, 9.17) is 0 Å². The minimum absolute atomic E-state index is 0.0998. The molecule has 0 unspecified atom stereocenters. The van der Waals surface area contributed by atoms with Gasteiger partial charge in [-0.3, -0.25) is 0 Å². The molecule has 0 aromatic heterocycles. The summed E-state index contributed by atoms with van der Waals surface area (Å²) in [6, 6.07) is 0. The molecule has 1 rings (SSSR count). The van der Waals surface area contributed by atoms with Crippen molar-refractivity contribution in [2.24, 2.45) is 0 Å². The van der Waals surface area contributed by atoms with Crippen LogP contribution in [0.2, 0.25) is 0 Å². The highest BCUT2D eigenvalue weighted by atomic mass is 32.2. The average molecular weight is 277 g/mol. The summed E-state index contributed by atoms with van der Waals surface area (Å²) < 4.78 is 23.3. The van der Waals surface area contributed by atoms with E-state index in [1.807, 2.05) is 0 Å². The molecule has 0 bridgehead atoms. The van der Waals surface area contributed by atoms with Gasteiger partial charge < -0.3 is 10.4 Å². The fourth-order valence-corrected chi connectivity index (χ4v) is 3.36. The topological polar surface area (TPSA) is 66.4 Å². The van der Waals surface area contributed by atoms with Crippen LogP contribution in [0.25, 0.3) is 0 Å². The Bertz CT molecular complexity index is 351. The molecule has 5 heteroatoms. The maximum absolute atomic E-state index is 12.0. The van der Waals surface area contributed by atoms with Crippen molar-refractivity contribution in [3.05, 3.63) is 0 Å². The van der Waals surface area contributed by atoms with E-state index in [1.54, 1.807) is 20.8 Å². The number of hydrogen-bond acceptors (Lipinski definition) is 4. The van der Waals surface area contributed by atoms with Crippen molar-refractivity contribution >= 4 is 9.84 Å². The van der Waals surface area contributed by atoms with E-state index in [1.165, 1.54) is 6.42 Å². The van der Waals surface area contributed by atoms with Crippen LogP contribution < -0.4 is 5.32 Å². The van der Waals surface area contributed by atoms with E-state index < -0.39 is 14.6 Å². The summed E-state index contributed by atoms with van der Waals surface area (Å²) in [5, 5.41) is 12.8. The van der Waals surface area contributed by atoms with Gasteiger partial charge in [-0.15, -0.1) is 0 Å². The molecule has 0 saturated heterocycles. The summed E-state index contributed by atoms with van der Waals surface area (Å²) in [6.45, 7) is 5.71. The van der Waals surface area contributed by atoms with Crippen molar-refractivity contribution in [1.29, 1.82) is 0 Å². The molecule has 1 fully saturated rings. The molecule has 0 atom stereocenters. The van der Waals surface area contributed by atoms with Crippen LogP contribution in [0.3, 0.4) is 0 Å². The van der Waals surface area contributed by atoms with Crippen LogP contribution in [0.15, 0.2) is 0 Å². The molecule has 0 aromatic rings. The highest BCUT2D eigenvalue weighted by Crippen LogP contribution is 2.27. The predicted molar refractivity (Wildman–Crippen MR) is 74.4 cm³/mol. The zero-order chi connectivity index (χ0) is 13.9. The Morgan fingerprint density at radius 3 is 2.17 bits per heavy atom. The van der Waals surface area contributed by atoms with Crippen molar-refractivity contribution in [1.82, 2.24) is 5.32 Å². The second kappa shape index (κ2) is 5.88. The first-order valence-electron chi connectivity index (χ1n) is 6.81. The average Bonchev–Trinajstić information content (AvgIpc) is 2.28. The molecule has 0 heterocycles. The lowest BCUT2D eigenvalue weighted by atomic mass is 9.82. The van der Waals surface area contributed by atoms with Crippen molar-refractivity contribution in [3.63, 3.8) is 0 Å². The van der Waals surface area contributed by atoms with E-state index in [2.05, 4.69) is 5.32 Å². The molecule has 18 heavy (non-hydrogen) atoms. The van der Waals surface area contributed by atoms with Gasteiger partial charge in [-0.25, -0.2) is 8.42 Å². The van der Waals surface area contributed by atoms with Gasteiger partial charge in [0.1, 0.15) is 0 Å². The summed E-state index contributed by atoms with van der Waals surface area (Å²) >= 11 is 0. The van der Waals surface area contributed by atoms with Crippen LogP contribution in [0, 0.1) is 0 Å². The summed E-state index contributed by atoms with van der Waals surface area (Å²) in [7, 11) is -3.08. The molecule has 1 aliphatic carbocycles. The fourth-order valence-electron chi connectivity index (χ4n) is 2.38. The summed E-state index contributed by atoms with van der Waals surface area (Å²) in [5.74, 6) is 0.137. The van der Waals surface area contributed by atoms with Gasteiger partial charge in [-0.1, -0.05) is 19.3 Å². The minimum Gasteiger partial charge on any atom is -0.394 e.